The van der Waals surface area contributed by atoms with E-state index in [1.807, 2.05) is 7.05 Å². The molecule has 70 valence electrons. The Morgan fingerprint density at radius 3 is 2.58 bits per heavy atom. The standard InChI is InChI=1S/C10H19NO/c1-8(11-2)7-9-3-5-10(12)6-4-9/h8-9,11H,3-7H2,1-2H3. The summed E-state index contributed by atoms with van der Waals surface area (Å²) in [6.07, 6.45) is 5.10. The molecule has 0 aromatic carbocycles. The van der Waals surface area contributed by atoms with Crippen LogP contribution in [0.15, 0.2) is 0 Å². The minimum Gasteiger partial charge on any atom is -0.317 e. The van der Waals surface area contributed by atoms with Crippen molar-refractivity contribution in [1.29, 1.82) is 0 Å². The van der Waals surface area contributed by atoms with Gasteiger partial charge in [0.15, 0.2) is 0 Å². The third kappa shape index (κ3) is 2.94. The first-order chi connectivity index (χ1) is 5.72. The monoisotopic (exact) mass is 169 g/mol. The van der Waals surface area contributed by atoms with Crippen molar-refractivity contribution < 1.29 is 4.79 Å². The zero-order chi connectivity index (χ0) is 8.97. The van der Waals surface area contributed by atoms with E-state index >= 15 is 0 Å². The Morgan fingerprint density at radius 1 is 1.50 bits per heavy atom. The minimum absolute atomic E-state index is 0.461. The van der Waals surface area contributed by atoms with Gasteiger partial charge in [-0.05, 0) is 39.2 Å². The molecular formula is C10H19NO. The summed E-state index contributed by atoms with van der Waals surface area (Å²) in [6, 6.07) is 0.600. The molecule has 1 fully saturated rings. The summed E-state index contributed by atoms with van der Waals surface area (Å²) in [7, 11) is 2.00. The van der Waals surface area contributed by atoms with Crippen molar-refractivity contribution in [3.63, 3.8) is 0 Å². The topological polar surface area (TPSA) is 29.1 Å². The summed E-state index contributed by atoms with van der Waals surface area (Å²) in [4.78, 5) is 10.9. The fraction of sp³-hybridized carbons (Fsp3) is 0.900. The zero-order valence-electron chi connectivity index (χ0n) is 8.10. The lowest BCUT2D eigenvalue weighted by Gasteiger charge is -2.23. The predicted molar refractivity (Wildman–Crippen MR) is 50.1 cm³/mol. The Labute approximate surface area is 74.7 Å². The number of ketones is 1. The van der Waals surface area contributed by atoms with Crippen LogP contribution in [-0.4, -0.2) is 18.9 Å². The van der Waals surface area contributed by atoms with E-state index in [4.69, 9.17) is 0 Å². The van der Waals surface area contributed by atoms with E-state index in [1.54, 1.807) is 0 Å². The molecule has 1 atom stereocenters. The molecule has 1 N–H and O–H groups in total. The number of hydrogen-bond acceptors (Lipinski definition) is 2. The third-order valence-corrected chi connectivity index (χ3v) is 2.84. The Bertz CT molecular complexity index is 146. The second-order valence-electron chi connectivity index (χ2n) is 3.91. The quantitative estimate of drug-likeness (QED) is 0.697. The summed E-state index contributed by atoms with van der Waals surface area (Å²) >= 11 is 0. The molecule has 2 nitrogen and oxygen atoms in total. The first kappa shape index (κ1) is 9.72. The molecule has 1 aliphatic carbocycles. The summed E-state index contributed by atoms with van der Waals surface area (Å²) in [6.45, 7) is 2.20. The number of carbonyl (C=O) groups excluding carboxylic acids is 1. The van der Waals surface area contributed by atoms with Crippen LogP contribution >= 0.6 is 0 Å². The lowest BCUT2D eigenvalue weighted by Crippen LogP contribution is -2.26. The van der Waals surface area contributed by atoms with Crippen LogP contribution < -0.4 is 5.32 Å². The Balaban J connectivity index is 2.21. The van der Waals surface area contributed by atoms with Crippen molar-refractivity contribution in [2.45, 2.75) is 45.1 Å². The van der Waals surface area contributed by atoms with Gasteiger partial charge in [0, 0.05) is 18.9 Å². The van der Waals surface area contributed by atoms with Gasteiger partial charge < -0.3 is 5.32 Å². The van der Waals surface area contributed by atoms with E-state index in [2.05, 4.69) is 12.2 Å². The Kier molecular flexibility index (Phi) is 3.73. The molecular weight excluding hydrogens is 150 g/mol. The third-order valence-electron chi connectivity index (χ3n) is 2.84. The van der Waals surface area contributed by atoms with E-state index in [-0.39, 0.29) is 0 Å². The fourth-order valence-corrected chi connectivity index (χ4v) is 1.85. The van der Waals surface area contributed by atoms with Crippen LogP contribution in [0, 0.1) is 5.92 Å². The molecule has 0 spiro atoms. The number of carbonyl (C=O) groups is 1. The molecule has 0 saturated heterocycles. The van der Waals surface area contributed by atoms with Crippen molar-refractivity contribution in [3.8, 4) is 0 Å². The van der Waals surface area contributed by atoms with Gasteiger partial charge in [-0.1, -0.05) is 0 Å². The SMILES string of the molecule is CNC(C)CC1CCC(=O)CC1. The molecule has 1 saturated carbocycles. The summed E-state index contributed by atoms with van der Waals surface area (Å²) < 4.78 is 0. The van der Waals surface area contributed by atoms with Gasteiger partial charge >= 0.3 is 0 Å². The Hall–Kier alpha value is -0.370. The molecule has 0 radical (unpaired) electrons. The molecule has 0 amide bonds. The molecule has 1 aliphatic rings. The molecule has 12 heavy (non-hydrogen) atoms. The molecule has 0 aromatic heterocycles. The number of rotatable bonds is 3. The highest BCUT2D eigenvalue weighted by Gasteiger charge is 2.19. The van der Waals surface area contributed by atoms with Crippen LogP contribution in [0.4, 0.5) is 0 Å². The van der Waals surface area contributed by atoms with Gasteiger partial charge in [-0.25, -0.2) is 0 Å². The molecule has 0 heterocycles. The van der Waals surface area contributed by atoms with Gasteiger partial charge in [0.1, 0.15) is 5.78 Å². The normalized spacial score (nSPS) is 22.7. The summed E-state index contributed by atoms with van der Waals surface area (Å²) in [5.74, 6) is 1.24. The zero-order valence-corrected chi connectivity index (χ0v) is 8.10. The largest absolute Gasteiger partial charge is 0.317 e. The highest BCUT2D eigenvalue weighted by molar-refractivity contribution is 5.78. The molecule has 1 unspecified atom stereocenters. The van der Waals surface area contributed by atoms with Gasteiger partial charge in [0.2, 0.25) is 0 Å². The van der Waals surface area contributed by atoms with Crippen LogP contribution in [0.2, 0.25) is 0 Å². The van der Waals surface area contributed by atoms with Crippen molar-refractivity contribution in [1.82, 2.24) is 5.32 Å². The van der Waals surface area contributed by atoms with E-state index in [1.165, 1.54) is 6.42 Å². The highest BCUT2D eigenvalue weighted by Crippen LogP contribution is 2.25. The minimum atomic E-state index is 0.461. The van der Waals surface area contributed by atoms with Crippen molar-refractivity contribution in [2.24, 2.45) is 5.92 Å². The molecule has 0 aromatic rings. The first-order valence-electron chi connectivity index (χ1n) is 4.91. The molecule has 1 rings (SSSR count). The maximum Gasteiger partial charge on any atom is 0.132 e. The van der Waals surface area contributed by atoms with Crippen molar-refractivity contribution in [3.05, 3.63) is 0 Å². The van der Waals surface area contributed by atoms with Gasteiger partial charge in [0.25, 0.3) is 0 Å². The number of Topliss-reactive ketones (excluding diaryl/α,β-unsaturated/α-hetero) is 1. The lowest BCUT2D eigenvalue weighted by atomic mass is 9.84. The average molecular weight is 169 g/mol. The Morgan fingerprint density at radius 2 is 2.08 bits per heavy atom. The van der Waals surface area contributed by atoms with Crippen LogP contribution in [0.3, 0.4) is 0 Å². The molecule has 0 aliphatic heterocycles. The van der Waals surface area contributed by atoms with E-state index in [9.17, 15) is 4.79 Å². The van der Waals surface area contributed by atoms with Crippen LogP contribution in [0.25, 0.3) is 0 Å². The highest BCUT2D eigenvalue weighted by atomic mass is 16.1. The van der Waals surface area contributed by atoms with Crippen molar-refractivity contribution >= 4 is 5.78 Å². The molecule has 2 heteroatoms. The lowest BCUT2D eigenvalue weighted by molar-refractivity contribution is -0.121. The predicted octanol–water partition coefficient (Wildman–Crippen LogP) is 1.74. The van der Waals surface area contributed by atoms with Crippen LogP contribution in [0.5, 0.6) is 0 Å². The van der Waals surface area contributed by atoms with Crippen molar-refractivity contribution in [2.75, 3.05) is 7.05 Å². The number of hydrogen-bond donors (Lipinski definition) is 1. The number of nitrogens with one attached hydrogen (secondary N) is 1. The first-order valence-corrected chi connectivity index (χ1v) is 4.91. The second-order valence-corrected chi connectivity index (χ2v) is 3.91. The maximum atomic E-state index is 10.9. The van der Waals surface area contributed by atoms with Crippen LogP contribution in [0.1, 0.15) is 39.0 Å². The van der Waals surface area contributed by atoms with Gasteiger partial charge in [-0.2, -0.15) is 0 Å². The molecule has 0 bridgehead atoms. The maximum absolute atomic E-state index is 10.9. The van der Waals surface area contributed by atoms with E-state index in [0.717, 1.165) is 31.6 Å². The average Bonchev–Trinajstić information content (AvgIpc) is 2.09. The van der Waals surface area contributed by atoms with Gasteiger partial charge in [-0.15, -0.1) is 0 Å². The fourth-order valence-electron chi connectivity index (χ4n) is 1.85. The second kappa shape index (κ2) is 4.61. The van der Waals surface area contributed by atoms with E-state index in [0.29, 0.717) is 11.8 Å². The van der Waals surface area contributed by atoms with E-state index < -0.39 is 0 Å². The van der Waals surface area contributed by atoms with Crippen LogP contribution in [-0.2, 0) is 4.79 Å². The smallest absolute Gasteiger partial charge is 0.132 e. The summed E-state index contributed by atoms with van der Waals surface area (Å²) in [5.41, 5.74) is 0. The summed E-state index contributed by atoms with van der Waals surface area (Å²) in [5, 5.41) is 3.24. The van der Waals surface area contributed by atoms with Gasteiger partial charge in [0.05, 0.1) is 0 Å². The van der Waals surface area contributed by atoms with Gasteiger partial charge in [-0.3, -0.25) is 4.79 Å².